The number of hydrogen-bond donors (Lipinski definition) is 2. The number of benzene rings is 1. The molecule has 0 fully saturated rings. The molecule has 1 rings (SSSR count). The van der Waals surface area contributed by atoms with E-state index < -0.39 is 4.92 Å². The third-order valence-corrected chi connectivity index (χ3v) is 3.19. The van der Waals surface area contributed by atoms with E-state index in [4.69, 9.17) is 5.73 Å². The van der Waals surface area contributed by atoms with Gasteiger partial charge in [0.1, 0.15) is 0 Å². The lowest BCUT2D eigenvalue weighted by Crippen LogP contribution is -2.12. The molecular formula is C10H13BrN2O3. The quantitative estimate of drug-likeness (QED) is 0.658. The molecule has 0 bridgehead atoms. The number of nitro groups is 1. The molecule has 0 saturated heterocycles. The van der Waals surface area contributed by atoms with Crippen LogP contribution in [0.2, 0.25) is 0 Å². The smallest absolute Gasteiger partial charge is 0.311 e. The molecule has 0 aliphatic rings. The van der Waals surface area contributed by atoms with Crippen LogP contribution in [0.1, 0.15) is 24.8 Å². The van der Waals surface area contributed by atoms with E-state index >= 15 is 0 Å². The molecule has 1 atom stereocenters. The van der Waals surface area contributed by atoms with Crippen molar-refractivity contribution in [3.63, 3.8) is 0 Å². The number of halogens is 1. The summed E-state index contributed by atoms with van der Waals surface area (Å²) < 4.78 is 0.646. The van der Waals surface area contributed by atoms with Crippen LogP contribution in [0.15, 0.2) is 16.6 Å². The lowest BCUT2D eigenvalue weighted by Gasteiger charge is -2.14. The average molecular weight is 289 g/mol. The first-order valence-corrected chi connectivity index (χ1v) is 5.67. The van der Waals surface area contributed by atoms with E-state index in [1.807, 2.05) is 6.92 Å². The number of hydrogen-bond acceptors (Lipinski definition) is 4. The number of rotatable bonds is 4. The van der Waals surface area contributed by atoms with Crippen molar-refractivity contribution in [2.24, 2.45) is 5.73 Å². The molecule has 16 heavy (non-hydrogen) atoms. The molecule has 0 saturated carbocycles. The van der Waals surface area contributed by atoms with Gasteiger partial charge in [-0.25, -0.2) is 0 Å². The Bertz CT molecular complexity index is 405. The highest BCUT2D eigenvalue weighted by Crippen LogP contribution is 2.36. The molecule has 1 aromatic rings. The number of phenolic OH excluding ortho intramolecular Hbond substituents is 1. The Morgan fingerprint density at radius 2 is 2.25 bits per heavy atom. The maximum absolute atomic E-state index is 10.7. The Balaban J connectivity index is 3.29. The lowest BCUT2D eigenvalue weighted by molar-refractivity contribution is -0.386. The van der Waals surface area contributed by atoms with Crippen molar-refractivity contribution in [3.8, 4) is 5.75 Å². The van der Waals surface area contributed by atoms with Crippen LogP contribution in [0, 0.1) is 10.1 Å². The second kappa shape index (κ2) is 5.27. The predicted molar refractivity (Wildman–Crippen MR) is 64.5 cm³/mol. The highest BCUT2D eigenvalue weighted by molar-refractivity contribution is 9.10. The first-order chi connectivity index (χ1) is 7.51. The van der Waals surface area contributed by atoms with Gasteiger partial charge in [-0.1, -0.05) is 22.9 Å². The molecule has 88 valence electrons. The van der Waals surface area contributed by atoms with E-state index in [-0.39, 0.29) is 17.4 Å². The van der Waals surface area contributed by atoms with Crippen LogP contribution in [0.4, 0.5) is 5.69 Å². The summed E-state index contributed by atoms with van der Waals surface area (Å²) in [4.78, 5) is 10.1. The summed E-state index contributed by atoms with van der Waals surface area (Å²) in [5.41, 5.74) is 6.07. The Labute approximate surface area is 102 Å². The van der Waals surface area contributed by atoms with E-state index in [2.05, 4.69) is 15.9 Å². The Morgan fingerprint density at radius 3 is 2.69 bits per heavy atom. The zero-order valence-electron chi connectivity index (χ0n) is 8.81. The zero-order chi connectivity index (χ0) is 12.3. The summed E-state index contributed by atoms with van der Waals surface area (Å²) in [5.74, 6) is -0.291. The van der Waals surface area contributed by atoms with Gasteiger partial charge in [0.15, 0.2) is 5.75 Å². The van der Waals surface area contributed by atoms with Crippen molar-refractivity contribution in [1.29, 1.82) is 0 Å². The predicted octanol–water partition coefficient (Wildman–Crippen LogP) is 2.52. The van der Waals surface area contributed by atoms with Gasteiger partial charge in [0, 0.05) is 16.6 Å². The van der Waals surface area contributed by atoms with Crippen LogP contribution in [-0.4, -0.2) is 16.6 Å². The summed E-state index contributed by atoms with van der Waals surface area (Å²) >= 11 is 3.27. The summed E-state index contributed by atoms with van der Waals surface area (Å²) in [5, 5.41) is 20.1. The molecule has 0 spiro atoms. The number of nitrogens with two attached hydrogens (primary N) is 1. The van der Waals surface area contributed by atoms with Crippen molar-refractivity contribution in [3.05, 3.63) is 32.3 Å². The van der Waals surface area contributed by atoms with Crippen LogP contribution in [0.3, 0.4) is 0 Å². The lowest BCUT2D eigenvalue weighted by atomic mass is 9.96. The van der Waals surface area contributed by atoms with Crippen molar-refractivity contribution in [2.75, 3.05) is 6.54 Å². The van der Waals surface area contributed by atoms with Gasteiger partial charge in [-0.2, -0.15) is 0 Å². The van der Waals surface area contributed by atoms with Gasteiger partial charge in [-0.05, 0) is 24.4 Å². The van der Waals surface area contributed by atoms with Crippen molar-refractivity contribution in [2.45, 2.75) is 19.3 Å². The van der Waals surface area contributed by atoms with Crippen LogP contribution in [0.25, 0.3) is 0 Å². The van der Waals surface area contributed by atoms with E-state index in [0.29, 0.717) is 11.0 Å². The third-order valence-electron chi connectivity index (χ3n) is 2.51. The maximum Gasteiger partial charge on any atom is 0.311 e. The van der Waals surface area contributed by atoms with Crippen molar-refractivity contribution in [1.82, 2.24) is 0 Å². The minimum Gasteiger partial charge on any atom is -0.502 e. The first kappa shape index (κ1) is 12.9. The molecule has 6 heteroatoms. The van der Waals surface area contributed by atoms with Crippen molar-refractivity contribution >= 4 is 21.6 Å². The SMILES string of the molecule is CCC(CN)c1cc([N+](=O)[O-])c(O)cc1Br. The van der Waals surface area contributed by atoms with E-state index in [0.717, 1.165) is 12.0 Å². The minimum atomic E-state index is -0.603. The standard InChI is InChI=1S/C10H13BrN2O3/c1-2-6(5-12)7-3-9(13(15)16)10(14)4-8(7)11/h3-4,6,14H,2,5,12H2,1H3. The molecule has 0 aliphatic carbocycles. The van der Waals surface area contributed by atoms with Gasteiger partial charge < -0.3 is 10.8 Å². The maximum atomic E-state index is 10.7. The van der Waals surface area contributed by atoms with Gasteiger partial charge in [-0.15, -0.1) is 0 Å². The van der Waals surface area contributed by atoms with Crippen LogP contribution in [0.5, 0.6) is 5.75 Å². The molecule has 3 N–H and O–H groups in total. The Hall–Kier alpha value is -1.14. The third kappa shape index (κ3) is 2.51. The normalized spacial score (nSPS) is 12.4. The molecule has 1 aromatic carbocycles. The molecule has 0 radical (unpaired) electrons. The number of aromatic hydroxyl groups is 1. The molecule has 5 nitrogen and oxygen atoms in total. The van der Waals surface area contributed by atoms with Crippen LogP contribution >= 0.6 is 15.9 Å². The number of nitro benzene ring substituents is 1. The van der Waals surface area contributed by atoms with Crippen LogP contribution in [-0.2, 0) is 0 Å². The molecule has 0 heterocycles. The zero-order valence-corrected chi connectivity index (χ0v) is 10.4. The van der Waals surface area contributed by atoms with Gasteiger partial charge in [0.25, 0.3) is 0 Å². The first-order valence-electron chi connectivity index (χ1n) is 4.88. The van der Waals surface area contributed by atoms with Crippen molar-refractivity contribution < 1.29 is 10.0 Å². The van der Waals surface area contributed by atoms with E-state index in [1.165, 1.54) is 12.1 Å². The second-order valence-electron chi connectivity index (χ2n) is 3.46. The van der Waals surface area contributed by atoms with Gasteiger partial charge in [-0.3, -0.25) is 10.1 Å². The fraction of sp³-hybridized carbons (Fsp3) is 0.400. The summed E-state index contributed by atoms with van der Waals surface area (Å²) in [6, 6.07) is 2.71. The fourth-order valence-corrected chi connectivity index (χ4v) is 2.20. The molecular weight excluding hydrogens is 276 g/mol. The fourth-order valence-electron chi connectivity index (χ4n) is 1.54. The van der Waals surface area contributed by atoms with Gasteiger partial charge >= 0.3 is 5.69 Å². The van der Waals surface area contributed by atoms with Gasteiger partial charge in [0.05, 0.1) is 4.92 Å². The van der Waals surface area contributed by atoms with E-state index in [9.17, 15) is 15.2 Å². The molecule has 0 aromatic heterocycles. The molecule has 1 unspecified atom stereocenters. The number of phenols is 1. The minimum absolute atomic E-state index is 0.0497. The van der Waals surface area contributed by atoms with Crippen LogP contribution < -0.4 is 5.73 Å². The number of nitrogens with zero attached hydrogens (tertiary/aromatic N) is 1. The molecule has 0 amide bonds. The van der Waals surface area contributed by atoms with Gasteiger partial charge in [0.2, 0.25) is 0 Å². The average Bonchev–Trinajstić information content (AvgIpc) is 2.22. The highest BCUT2D eigenvalue weighted by atomic mass is 79.9. The highest BCUT2D eigenvalue weighted by Gasteiger charge is 2.20. The Morgan fingerprint density at radius 1 is 1.62 bits per heavy atom. The largest absolute Gasteiger partial charge is 0.502 e. The second-order valence-corrected chi connectivity index (χ2v) is 4.31. The summed E-state index contributed by atoms with van der Waals surface area (Å²) in [7, 11) is 0. The Kier molecular flexibility index (Phi) is 4.26. The topological polar surface area (TPSA) is 89.4 Å². The van der Waals surface area contributed by atoms with E-state index in [1.54, 1.807) is 0 Å². The summed E-state index contributed by atoms with van der Waals surface area (Å²) in [6.07, 6.45) is 0.789. The monoisotopic (exact) mass is 288 g/mol. The summed E-state index contributed by atoms with van der Waals surface area (Å²) in [6.45, 7) is 2.37. The molecule has 0 aliphatic heterocycles.